The molecular weight excluding hydrogens is 314 g/mol. The molecule has 0 radical (unpaired) electrons. The molecule has 0 unspecified atom stereocenters. The number of rotatable bonds is 6. The zero-order valence-corrected chi connectivity index (χ0v) is 15.7. The van der Waals surface area contributed by atoms with Crippen molar-refractivity contribution in [2.24, 2.45) is 17.8 Å². The Bertz CT molecular complexity index is 349. The van der Waals surface area contributed by atoms with Crippen LogP contribution in [0, 0.1) is 17.8 Å². The molecule has 4 aliphatic carbocycles. The predicted octanol–water partition coefficient (Wildman–Crippen LogP) is -1.65. The highest BCUT2D eigenvalue weighted by Crippen LogP contribution is 2.55. The van der Waals surface area contributed by atoms with Crippen LogP contribution in [0.2, 0.25) is 0 Å². The summed E-state index contributed by atoms with van der Waals surface area (Å²) in [7, 11) is 0. The van der Waals surface area contributed by atoms with Gasteiger partial charge in [0.1, 0.15) is 0 Å². The monoisotopic (exact) mass is 345 g/mol. The third-order valence-electron chi connectivity index (χ3n) is 6.18. The van der Waals surface area contributed by atoms with E-state index in [0.717, 1.165) is 36.0 Å². The molecule has 3 N–H and O–H groups in total. The van der Waals surface area contributed by atoms with Crippen LogP contribution in [0.4, 0.5) is 0 Å². The Hall–Kier alpha value is -0.0600. The lowest BCUT2D eigenvalue weighted by Gasteiger charge is -2.57. The number of likely N-dealkylation sites (N-methyl/N-ethyl adjacent to an activating group) is 1. The maximum absolute atomic E-state index is 5.58. The topological polar surface area (TPSA) is 28.5 Å². The number of thiocarbonyl (C=S) groups is 1. The quantitative estimate of drug-likeness (QED) is 0.504. The van der Waals surface area contributed by atoms with Gasteiger partial charge in [-0.25, -0.2) is 0 Å². The molecule has 0 amide bonds. The van der Waals surface area contributed by atoms with E-state index in [1.54, 1.807) is 4.90 Å². The Kier molecular flexibility index (Phi) is 6.38. The summed E-state index contributed by atoms with van der Waals surface area (Å²) in [6, 6.07) is 0. The number of nitrogens with one attached hydrogen (secondary N) is 3. The summed E-state index contributed by atoms with van der Waals surface area (Å²) in [5.74, 6) is 2.94. The zero-order chi connectivity index (χ0) is 14.9. The van der Waals surface area contributed by atoms with Crippen LogP contribution in [0.5, 0.6) is 0 Å². The molecule has 4 fully saturated rings. The van der Waals surface area contributed by atoms with Gasteiger partial charge in [0.2, 0.25) is 0 Å². The Morgan fingerprint density at radius 3 is 2.00 bits per heavy atom. The van der Waals surface area contributed by atoms with Crippen LogP contribution in [0.1, 0.15) is 52.4 Å². The molecule has 128 valence electrons. The molecule has 0 aliphatic heterocycles. The maximum Gasteiger partial charge on any atom is 0.166 e. The van der Waals surface area contributed by atoms with E-state index >= 15 is 0 Å². The molecule has 4 rings (SSSR count). The maximum atomic E-state index is 5.58. The van der Waals surface area contributed by atoms with E-state index in [4.69, 9.17) is 12.2 Å². The largest absolute Gasteiger partial charge is 1.00 e. The summed E-state index contributed by atoms with van der Waals surface area (Å²) in [6.07, 6.45) is 8.57. The summed E-state index contributed by atoms with van der Waals surface area (Å²) >= 11 is 5.58. The molecule has 0 aromatic carbocycles. The van der Waals surface area contributed by atoms with Crippen LogP contribution in [0.25, 0.3) is 0 Å². The molecule has 3 nitrogen and oxygen atoms in total. The highest BCUT2D eigenvalue weighted by molar-refractivity contribution is 7.80. The molecule has 0 atom stereocenters. The molecule has 0 aromatic rings. The van der Waals surface area contributed by atoms with Crippen LogP contribution in [-0.2, 0) is 0 Å². The lowest BCUT2D eigenvalue weighted by Crippen LogP contribution is -3.12. The summed E-state index contributed by atoms with van der Waals surface area (Å²) in [5.41, 5.74) is 0.348. The van der Waals surface area contributed by atoms with Crippen molar-refractivity contribution in [3.63, 3.8) is 0 Å². The Morgan fingerprint density at radius 1 is 1.05 bits per heavy atom. The Balaban J connectivity index is 0.00000176. The molecule has 4 aliphatic rings. The van der Waals surface area contributed by atoms with Crippen molar-refractivity contribution in [1.29, 1.82) is 0 Å². The predicted molar refractivity (Wildman–Crippen MR) is 91.6 cm³/mol. The first-order valence-electron chi connectivity index (χ1n) is 9.02. The van der Waals surface area contributed by atoms with E-state index in [2.05, 4.69) is 24.5 Å². The van der Waals surface area contributed by atoms with E-state index < -0.39 is 0 Å². The molecule has 4 bridgehead atoms. The summed E-state index contributed by atoms with van der Waals surface area (Å²) < 4.78 is 0. The van der Waals surface area contributed by atoms with Crippen molar-refractivity contribution in [3.05, 3.63) is 0 Å². The average molecular weight is 346 g/mol. The number of hydrogen-bond donors (Lipinski definition) is 3. The van der Waals surface area contributed by atoms with Gasteiger partial charge in [-0.2, -0.15) is 0 Å². The second-order valence-corrected chi connectivity index (χ2v) is 8.19. The van der Waals surface area contributed by atoms with Crippen molar-refractivity contribution < 1.29 is 17.3 Å². The summed E-state index contributed by atoms with van der Waals surface area (Å²) in [5, 5.41) is 8.11. The molecule has 0 spiro atoms. The van der Waals surface area contributed by atoms with Gasteiger partial charge in [0.15, 0.2) is 5.11 Å². The van der Waals surface area contributed by atoms with Crippen LogP contribution in [-0.4, -0.2) is 36.8 Å². The number of halogens is 1. The zero-order valence-electron chi connectivity index (χ0n) is 14.1. The smallest absolute Gasteiger partial charge is 0.166 e. The van der Waals surface area contributed by atoms with Gasteiger partial charge >= 0.3 is 0 Å². The number of quaternary nitrogens is 1. The van der Waals surface area contributed by atoms with E-state index in [0.29, 0.717) is 5.54 Å². The van der Waals surface area contributed by atoms with Crippen molar-refractivity contribution in [1.82, 2.24) is 10.6 Å². The van der Waals surface area contributed by atoms with E-state index in [9.17, 15) is 0 Å². The van der Waals surface area contributed by atoms with Gasteiger partial charge in [0.25, 0.3) is 0 Å². The highest BCUT2D eigenvalue weighted by Gasteiger charge is 2.51. The third-order valence-corrected chi connectivity index (χ3v) is 6.43. The van der Waals surface area contributed by atoms with Crippen LogP contribution < -0.4 is 27.9 Å². The van der Waals surface area contributed by atoms with Gasteiger partial charge in [0.05, 0.1) is 26.2 Å². The second kappa shape index (κ2) is 7.67. The molecule has 5 heteroatoms. The average Bonchev–Trinajstić information content (AvgIpc) is 2.41. The van der Waals surface area contributed by atoms with Gasteiger partial charge < -0.3 is 27.9 Å². The van der Waals surface area contributed by atoms with Gasteiger partial charge in [-0.1, -0.05) is 0 Å². The van der Waals surface area contributed by atoms with Gasteiger partial charge in [-0.3, -0.25) is 0 Å². The van der Waals surface area contributed by atoms with Gasteiger partial charge in [-0.05, 0) is 82.3 Å². The lowest BCUT2D eigenvalue weighted by molar-refractivity contribution is -0.895. The molecular formula is C17H32ClN3S. The fourth-order valence-corrected chi connectivity index (χ4v) is 5.82. The van der Waals surface area contributed by atoms with E-state index in [1.165, 1.54) is 51.6 Å². The SMILES string of the molecule is CC[NH+](CC)CCNC(=S)NC12CC3CC(CC(C3)C1)C2.[Cl-]. The third kappa shape index (κ3) is 4.07. The minimum absolute atomic E-state index is 0. The first kappa shape index (κ1) is 18.3. The van der Waals surface area contributed by atoms with Gasteiger partial charge in [-0.15, -0.1) is 0 Å². The Labute approximate surface area is 147 Å². The first-order valence-corrected chi connectivity index (χ1v) is 9.43. The highest BCUT2D eigenvalue weighted by atomic mass is 35.5. The minimum atomic E-state index is 0. The van der Waals surface area contributed by atoms with Crippen molar-refractivity contribution in [3.8, 4) is 0 Å². The van der Waals surface area contributed by atoms with Crippen molar-refractivity contribution >= 4 is 17.3 Å². The molecule has 0 saturated heterocycles. The molecule has 0 heterocycles. The summed E-state index contributed by atoms with van der Waals surface area (Å²) in [6.45, 7) is 9.07. The summed E-state index contributed by atoms with van der Waals surface area (Å²) in [4.78, 5) is 1.64. The van der Waals surface area contributed by atoms with Crippen molar-refractivity contribution in [2.75, 3.05) is 26.2 Å². The van der Waals surface area contributed by atoms with Crippen LogP contribution >= 0.6 is 12.2 Å². The van der Waals surface area contributed by atoms with Crippen molar-refractivity contribution in [2.45, 2.75) is 57.9 Å². The molecule has 0 aromatic heterocycles. The fraction of sp³-hybridized carbons (Fsp3) is 0.941. The fourth-order valence-electron chi connectivity index (χ4n) is 5.51. The normalized spacial score (nSPS) is 35.3. The number of hydrogen-bond acceptors (Lipinski definition) is 1. The Morgan fingerprint density at radius 2 is 1.55 bits per heavy atom. The van der Waals surface area contributed by atoms with Crippen LogP contribution in [0.3, 0.4) is 0 Å². The second-order valence-electron chi connectivity index (χ2n) is 7.79. The molecule has 22 heavy (non-hydrogen) atoms. The minimum Gasteiger partial charge on any atom is -1.00 e. The van der Waals surface area contributed by atoms with Crippen LogP contribution in [0.15, 0.2) is 0 Å². The molecule has 4 saturated carbocycles. The standard InChI is InChI=1S/C17H31N3S.ClH/c1-3-20(4-2)6-5-18-16(21)19-17-10-13-7-14(11-17)9-15(8-13)12-17;/h13-15H,3-12H2,1-2H3,(H2,18,19,21);1H. The van der Waals surface area contributed by atoms with E-state index in [-0.39, 0.29) is 12.4 Å². The first-order chi connectivity index (χ1) is 10.1. The lowest BCUT2D eigenvalue weighted by atomic mass is 9.53. The van der Waals surface area contributed by atoms with E-state index in [1.807, 2.05) is 0 Å². The van der Waals surface area contributed by atoms with Gasteiger partial charge in [0, 0.05) is 5.54 Å².